The maximum absolute atomic E-state index is 9.82. The number of hydrogen-bond acceptors (Lipinski definition) is 4. The normalized spacial score (nSPS) is 13.8. The zero-order valence-corrected chi connectivity index (χ0v) is 33.1. The van der Waals surface area contributed by atoms with Gasteiger partial charge in [-0.25, -0.2) is 15.0 Å². The summed E-state index contributed by atoms with van der Waals surface area (Å²) in [5.74, 6) is 0.409. The van der Waals surface area contributed by atoms with E-state index in [-0.39, 0.29) is 60.4 Å². The lowest BCUT2D eigenvalue weighted by Gasteiger charge is -2.13. The van der Waals surface area contributed by atoms with Gasteiger partial charge in [0.15, 0.2) is 17.5 Å². The molecule has 0 radical (unpaired) electrons. The lowest BCUT2D eigenvalue weighted by Crippen LogP contribution is -2.00. The zero-order chi connectivity index (χ0) is 50.1. The third-order valence-corrected chi connectivity index (χ3v) is 11.6. The van der Waals surface area contributed by atoms with Crippen molar-refractivity contribution in [1.29, 1.82) is 0 Å². The van der Waals surface area contributed by atoms with Gasteiger partial charge in [0.2, 0.25) is 0 Å². The SMILES string of the molecule is [2H]c1c([2H])c([2H])c(-c2c([2H])c([2H])c([2H])c3sc4c([2H])c(-c5nc(-c6ccc(-c7cccc(-c8ccccc8)c7)cc6)nc(-c6cc(-c7ccccc7)cc(-c7ccccc7)c6)n5)c([2H])c([2H])c4c23)c([2H])c1[2H]. The number of hydrogen-bond donors (Lipinski definition) is 0. The molecule has 0 saturated carbocycles. The van der Waals surface area contributed by atoms with Gasteiger partial charge in [0, 0.05) is 36.9 Å². The van der Waals surface area contributed by atoms with Crippen LogP contribution in [0.2, 0.25) is 0 Å². The van der Waals surface area contributed by atoms with Crippen LogP contribution in [0.3, 0.4) is 0 Å². The molecular formula is C57H37N3S. The van der Waals surface area contributed by atoms with Gasteiger partial charge in [-0.3, -0.25) is 0 Å². The molecule has 4 heteroatoms. The maximum atomic E-state index is 9.82. The minimum Gasteiger partial charge on any atom is -0.208 e. The summed E-state index contributed by atoms with van der Waals surface area (Å²) in [6.45, 7) is 0. The molecule has 11 aromatic rings. The number of nitrogens with zero attached hydrogens (tertiary/aromatic N) is 3. The molecule has 9 aromatic carbocycles. The number of thiophene rings is 1. The smallest absolute Gasteiger partial charge is 0.164 e. The van der Waals surface area contributed by atoms with Crippen molar-refractivity contribution < 1.29 is 15.1 Å². The fourth-order valence-corrected chi connectivity index (χ4v) is 8.56. The highest BCUT2D eigenvalue weighted by Crippen LogP contribution is 2.42. The fraction of sp³-hybridized carbons (Fsp3) is 0. The first-order valence-electron chi connectivity index (χ1n) is 25.1. The molecule has 61 heavy (non-hydrogen) atoms. The van der Waals surface area contributed by atoms with Crippen molar-refractivity contribution in [2.24, 2.45) is 0 Å². The summed E-state index contributed by atoms with van der Waals surface area (Å²) in [5.41, 5.74) is 8.33. The first kappa shape index (κ1) is 26.3. The van der Waals surface area contributed by atoms with Gasteiger partial charge in [-0.05, 0) is 92.0 Å². The molecule has 0 aliphatic rings. The van der Waals surface area contributed by atoms with E-state index in [1.54, 1.807) is 0 Å². The lowest BCUT2D eigenvalue weighted by atomic mass is 9.95. The Morgan fingerprint density at radius 2 is 0.820 bits per heavy atom. The monoisotopic (exact) mass is 806 g/mol. The van der Waals surface area contributed by atoms with Gasteiger partial charge >= 0.3 is 0 Å². The summed E-state index contributed by atoms with van der Waals surface area (Å²) in [4.78, 5) is 15.0. The van der Waals surface area contributed by atoms with Crippen LogP contribution >= 0.6 is 11.3 Å². The van der Waals surface area contributed by atoms with Gasteiger partial charge in [-0.1, -0.05) is 188 Å². The maximum Gasteiger partial charge on any atom is 0.164 e. The second kappa shape index (κ2) is 15.8. The van der Waals surface area contributed by atoms with Crippen LogP contribution in [-0.4, -0.2) is 15.0 Å². The van der Waals surface area contributed by atoms with Gasteiger partial charge in [-0.2, -0.15) is 0 Å². The third kappa shape index (κ3) is 7.20. The van der Waals surface area contributed by atoms with Crippen LogP contribution in [0.15, 0.2) is 224 Å². The molecule has 0 amide bonds. The number of fused-ring (bicyclic) bond motifs is 3. The Bertz CT molecular complexity index is 3900. The second-order valence-electron chi connectivity index (χ2n) is 14.4. The molecule has 0 saturated heterocycles. The Labute approximate surface area is 374 Å². The topological polar surface area (TPSA) is 38.7 Å². The first-order valence-corrected chi connectivity index (χ1v) is 20.4. The Balaban J connectivity index is 1.15. The van der Waals surface area contributed by atoms with Crippen LogP contribution in [0.25, 0.3) is 110 Å². The Hall–Kier alpha value is -7.79. The van der Waals surface area contributed by atoms with Crippen molar-refractivity contribution in [3.8, 4) is 89.8 Å². The van der Waals surface area contributed by atoms with Gasteiger partial charge in [0.05, 0.1) is 15.1 Å². The summed E-state index contributed by atoms with van der Waals surface area (Å²) in [7, 11) is 0. The minimum absolute atomic E-state index is 0.0179. The average molecular weight is 807 g/mol. The number of aromatic nitrogens is 3. The van der Waals surface area contributed by atoms with Crippen molar-refractivity contribution in [3.63, 3.8) is 0 Å². The van der Waals surface area contributed by atoms with E-state index in [4.69, 9.17) is 25.9 Å². The molecule has 0 aliphatic heterocycles. The van der Waals surface area contributed by atoms with Crippen molar-refractivity contribution in [3.05, 3.63) is 224 Å². The molecule has 2 heterocycles. The van der Waals surface area contributed by atoms with E-state index in [1.165, 1.54) is 0 Å². The third-order valence-electron chi connectivity index (χ3n) is 10.5. The molecule has 0 fully saturated rings. The summed E-state index contributed by atoms with van der Waals surface area (Å²) in [5, 5.41) is -0.0438. The number of benzene rings is 9. The summed E-state index contributed by atoms with van der Waals surface area (Å²) in [6.07, 6.45) is 0. The van der Waals surface area contributed by atoms with E-state index < -0.39 is 60.4 Å². The molecule has 11 rings (SSSR count). The van der Waals surface area contributed by atoms with Crippen LogP contribution < -0.4 is 0 Å². The van der Waals surface area contributed by atoms with Crippen molar-refractivity contribution in [1.82, 2.24) is 15.0 Å². The molecule has 0 spiro atoms. The van der Waals surface area contributed by atoms with Gasteiger partial charge in [0.25, 0.3) is 0 Å². The summed E-state index contributed by atoms with van der Waals surface area (Å²) in [6, 6.07) is 46.2. The van der Waals surface area contributed by atoms with Crippen LogP contribution in [0.4, 0.5) is 0 Å². The highest BCUT2D eigenvalue weighted by molar-refractivity contribution is 7.26. The molecule has 0 aliphatic carbocycles. The minimum atomic E-state index is -0.658. The van der Waals surface area contributed by atoms with Gasteiger partial charge in [0.1, 0.15) is 0 Å². The summed E-state index contributed by atoms with van der Waals surface area (Å²) >= 11 is 0.895. The quantitative estimate of drug-likeness (QED) is 0.154. The van der Waals surface area contributed by atoms with Crippen molar-refractivity contribution in [2.45, 2.75) is 0 Å². The largest absolute Gasteiger partial charge is 0.208 e. The standard InChI is InChI=1S/C57H37N3S/c1-5-15-38(16-6-1)44-23-13-24-45(33-44)41-27-29-43(30-28-41)55-58-56(46-31-32-51-53(37-46)61-52-26-14-25-50(54(51)52)42-21-11-4-12-22-42)60-57(59-55)49-35-47(39-17-7-2-8-18-39)34-48(36-49)40-19-9-3-10-20-40/h1-37H/i4D,11D,12D,14D,21D,22D,25D,26D,31D,32D,37D. The molecule has 286 valence electrons. The molecule has 0 unspecified atom stereocenters. The van der Waals surface area contributed by atoms with Crippen LogP contribution in [-0.2, 0) is 0 Å². The molecular weight excluding hydrogens is 759 g/mol. The van der Waals surface area contributed by atoms with Crippen molar-refractivity contribution >= 4 is 31.5 Å². The van der Waals surface area contributed by atoms with E-state index in [9.17, 15) is 4.11 Å². The molecule has 0 atom stereocenters. The van der Waals surface area contributed by atoms with E-state index in [0.717, 1.165) is 55.8 Å². The van der Waals surface area contributed by atoms with Crippen LogP contribution in [0, 0.1) is 0 Å². The van der Waals surface area contributed by atoms with Gasteiger partial charge in [-0.15, -0.1) is 11.3 Å². The van der Waals surface area contributed by atoms with E-state index >= 15 is 0 Å². The molecule has 0 N–H and O–H groups in total. The number of rotatable bonds is 8. The lowest BCUT2D eigenvalue weighted by molar-refractivity contribution is 1.07. The Morgan fingerprint density at radius 3 is 1.44 bits per heavy atom. The predicted molar refractivity (Wildman–Crippen MR) is 256 cm³/mol. The van der Waals surface area contributed by atoms with E-state index in [0.29, 0.717) is 11.1 Å². The van der Waals surface area contributed by atoms with Crippen LogP contribution in [0.5, 0.6) is 0 Å². The first-order chi connectivity index (χ1) is 34.8. The second-order valence-corrected chi connectivity index (χ2v) is 15.4. The molecule has 2 aromatic heterocycles. The van der Waals surface area contributed by atoms with E-state index in [2.05, 4.69) is 30.3 Å². The fourth-order valence-electron chi connectivity index (χ4n) is 7.54. The Kier molecular flexibility index (Phi) is 6.80. The Morgan fingerprint density at radius 1 is 0.328 bits per heavy atom. The summed E-state index contributed by atoms with van der Waals surface area (Å²) < 4.78 is 98.7. The van der Waals surface area contributed by atoms with Gasteiger partial charge < -0.3 is 0 Å². The predicted octanol–water partition coefficient (Wildman–Crippen LogP) is 15.6. The zero-order valence-electron chi connectivity index (χ0n) is 43.3. The highest BCUT2D eigenvalue weighted by atomic mass is 32.1. The highest BCUT2D eigenvalue weighted by Gasteiger charge is 2.17. The van der Waals surface area contributed by atoms with Crippen molar-refractivity contribution in [2.75, 3.05) is 0 Å². The molecule has 3 nitrogen and oxygen atoms in total. The van der Waals surface area contributed by atoms with Crippen LogP contribution in [0.1, 0.15) is 15.1 Å². The average Bonchev–Trinajstić information content (AvgIpc) is 3.83. The molecule has 0 bridgehead atoms. The van der Waals surface area contributed by atoms with E-state index in [1.807, 2.05) is 127 Å².